The molecular formula is C20H28N4O3S. The Morgan fingerprint density at radius 1 is 1.25 bits per heavy atom. The lowest BCUT2D eigenvalue weighted by Crippen LogP contribution is -2.44. The van der Waals surface area contributed by atoms with Crippen molar-refractivity contribution in [2.24, 2.45) is 13.0 Å². The summed E-state index contributed by atoms with van der Waals surface area (Å²) < 4.78 is 29.4. The van der Waals surface area contributed by atoms with Crippen molar-refractivity contribution in [3.63, 3.8) is 0 Å². The number of anilines is 1. The molecule has 0 saturated carbocycles. The Hall–Kier alpha value is -2.19. The fourth-order valence-corrected chi connectivity index (χ4v) is 5.62. The molecule has 1 aliphatic rings. The van der Waals surface area contributed by atoms with Crippen molar-refractivity contribution in [3.8, 4) is 0 Å². The first-order valence-electron chi connectivity index (χ1n) is 9.64. The number of nitrogens with one attached hydrogen (secondary N) is 1. The Morgan fingerprint density at radius 3 is 2.50 bits per heavy atom. The van der Waals surface area contributed by atoms with Crippen LogP contribution in [-0.2, 0) is 28.3 Å². The maximum atomic E-state index is 13.2. The van der Waals surface area contributed by atoms with Crippen molar-refractivity contribution in [1.82, 2.24) is 14.1 Å². The van der Waals surface area contributed by atoms with E-state index in [1.165, 1.54) is 9.87 Å². The Bertz CT molecular complexity index is 964. The molecule has 8 heteroatoms. The van der Waals surface area contributed by atoms with Gasteiger partial charge in [-0.3, -0.25) is 9.48 Å². The van der Waals surface area contributed by atoms with Crippen LogP contribution < -0.4 is 5.32 Å². The highest BCUT2D eigenvalue weighted by Gasteiger charge is 2.36. The van der Waals surface area contributed by atoms with E-state index in [-0.39, 0.29) is 23.3 Å². The summed E-state index contributed by atoms with van der Waals surface area (Å²) in [7, 11) is -1.95. The summed E-state index contributed by atoms with van der Waals surface area (Å²) in [6.07, 6.45) is 2.27. The van der Waals surface area contributed by atoms with Gasteiger partial charge >= 0.3 is 0 Å². The summed E-state index contributed by atoms with van der Waals surface area (Å²) >= 11 is 0. The van der Waals surface area contributed by atoms with Crippen LogP contribution in [0.5, 0.6) is 0 Å². The van der Waals surface area contributed by atoms with Gasteiger partial charge in [0.15, 0.2) is 0 Å². The Labute approximate surface area is 166 Å². The van der Waals surface area contributed by atoms with Crippen LogP contribution in [0.3, 0.4) is 0 Å². The molecule has 1 atom stereocenters. The SMILES string of the molecule is CCc1ccc(NC(=O)C2CCCN(S(=O)(=O)c3c(C)nn(C)c3C)C2)cc1. The number of hydrogen-bond acceptors (Lipinski definition) is 4. The maximum Gasteiger partial charge on any atom is 0.246 e. The van der Waals surface area contributed by atoms with Gasteiger partial charge in [0, 0.05) is 25.8 Å². The Balaban J connectivity index is 1.74. The molecule has 3 rings (SSSR count). The van der Waals surface area contributed by atoms with Gasteiger partial charge in [-0.1, -0.05) is 19.1 Å². The fraction of sp³-hybridized carbons (Fsp3) is 0.500. The molecule has 2 aromatic rings. The zero-order valence-electron chi connectivity index (χ0n) is 16.9. The number of carbonyl (C=O) groups excluding carboxylic acids is 1. The first-order chi connectivity index (χ1) is 13.2. The van der Waals surface area contributed by atoms with Crippen molar-refractivity contribution < 1.29 is 13.2 Å². The second-order valence-corrected chi connectivity index (χ2v) is 9.24. The van der Waals surface area contributed by atoms with Crippen LogP contribution in [0.4, 0.5) is 5.69 Å². The summed E-state index contributed by atoms with van der Waals surface area (Å²) in [5.41, 5.74) is 3.04. The highest BCUT2D eigenvalue weighted by molar-refractivity contribution is 7.89. The summed E-state index contributed by atoms with van der Waals surface area (Å²) in [5.74, 6) is -0.504. The fourth-order valence-electron chi connectivity index (χ4n) is 3.70. The minimum absolute atomic E-state index is 0.135. The summed E-state index contributed by atoms with van der Waals surface area (Å²) in [4.78, 5) is 13.0. The first-order valence-corrected chi connectivity index (χ1v) is 11.1. The van der Waals surface area contributed by atoms with Crippen LogP contribution in [-0.4, -0.2) is 41.5 Å². The lowest BCUT2D eigenvalue weighted by atomic mass is 9.98. The van der Waals surface area contributed by atoms with Crippen molar-refractivity contribution in [3.05, 3.63) is 41.2 Å². The molecule has 28 heavy (non-hydrogen) atoms. The van der Waals surface area contributed by atoms with Gasteiger partial charge in [-0.15, -0.1) is 0 Å². The van der Waals surface area contributed by atoms with Gasteiger partial charge in [-0.25, -0.2) is 8.42 Å². The molecule has 1 N–H and O–H groups in total. The lowest BCUT2D eigenvalue weighted by molar-refractivity contribution is -0.120. The molecule has 0 radical (unpaired) electrons. The van der Waals surface area contributed by atoms with Gasteiger partial charge < -0.3 is 5.32 Å². The topological polar surface area (TPSA) is 84.3 Å². The van der Waals surface area contributed by atoms with E-state index in [1.54, 1.807) is 25.6 Å². The number of piperidine rings is 1. The second kappa shape index (κ2) is 8.05. The van der Waals surface area contributed by atoms with Crippen LogP contribution in [0.15, 0.2) is 29.2 Å². The van der Waals surface area contributed by atoms with Gasteiger partial charge in [-0.05, 0) is 50.8 Å². The lowest BCUT2D eigenvalue weighted by Gasteiger charge is -2.31. The normalized spacial score (nSPS) is 18.2. The largest absolute Gasteiger partial charge is 0.326 e. The van der Waals surface area contributed by atoms with Crippen LogP contribution >= 0.6 is 0 Å². The summed E-state index contributed by atoms with van der Waals surface area (Å²) in [5, 5.41) is 7.15. The molecule has 1 unspecified atom stereocenters. The molecule has 0 spiro atoms. The minimum Gasteiger partial charge on any atom is -0.326 e. The van der Waals surface area contributed by atoms with Crippen molar-refractivity contribution in [2.45, 2.75) is 44.9 Å². The molecule has 152 valence electrons. The van der Waals surface area contributed by atoms with Crippen molar-refractivity contribution >= 4 is 21.6 Å². The zero-order valence-corrected chi connectivity index (χ0v) is 17.7. The maximum absolute atomic E-state index is 13.2. The molecule has 1 saturated heterocycles. The van der Waals surface area contributed by atoms with E-state index in [0.717, 1.165) is 12.1 Å². The Kier molecular flexibility index (Phi) is 5.90. The van der Waals surface area contributed by atoms with Crippen LogP contribution in [0.2, 0.25) is 0 Å². The monoisotopic (exact) mass is 404 g/mol. The molecule has 1 aromatic heterocycles. The average molecular weight is 405 g/mol. The highest BCUT2D eigenvalue weighted by atomic mass is 32.2. The molecule has 0 bridgehead atoms. The van der Waals surface area contributed by atoms with E-state index in [2.05, 4.69) is 17.3 Å². The number of benzene rings is 1. The molecular weight excluding hydrogens is 376 g/mol. The van der Waals surface area contributed by atoms with E-state index < -0.39 is 10.0 Å². The quantitative estimate of drug-likeness (QED) is 0.830. The predicted molar refractivity (Wildman–Crippen MR) is 109 cm³/mol. The first kappa shape index (κ1) is 20.5. The van der Waals surface area contributed by atoms with Crippen LogP contribution in [0, 0.1) is 19.8 Å². The van der Waals surface area contributed by atoms with Gasteiger partial charge in [0.1, 0.15) is 4.90 Å². The van der Waals surface area contributed by atoms with E-state index >= 15 is 0 Å². The van der Waals surface area contributed by atoms with Crippen molar-refractivity contribution in [2.75, 3.05) is 18.4 Å². The van der Waals surface area contributed by atoms with Crippen LogP contribution in [0.1, 0.15) is 36.7 Å². The average Bonchev–Trinajstić information content (AvgIpc) is 2.94. The van der Waals surface area contributed by atoms with E-state index in [0.29, 0.717) is 30.8 Å². The van der Waals surface area contributed by atoms with Gasteiger partial charge in [0.25, 0.3) is 0 Å². The number of amides is 1. The van der Waals surface area contributed by atoms with Crippen LogP contribution in [0.25, 0.3) is 0 Å². The third kappa shape index (κ3) is 3.98. The molecule has 1 aromatic carbocycles. The smallest absolute Gasteiger partial charge is 0.246 e. The second-order valence-electron chi connectivity index (χ2n) is 7.37. The van der Waals surface area contributed by atoms with E-state index in [1.807, 2.05) is 24.3 Å². The zero-order chi connectivity index (χ0) is 20.5. The number of nitrogens with zero attached hydrogens (tertiary/aromatic N) is 3. The molecule has 2 heterocycles. The number of sulfonamides is 1. The number of hydrogen-bond donors (Lipinski definition) is 1. The number of carbonyl (C=O) groups is 1. The van der Waals surface area contributed by atoms with E-state index in [4.69, 9.17) is 0 Å². The predicted octanol–water partition coefficient (Wildman–Crippen LogP) is 2.64. The number of rotatable bonds is 5. The van der Waals surface area contributed by atoms with Gasteiger partial charge in [0.05, 0.1) is 17.3 Å². The standard InChI is InChI=1S/C20H28N4O3S/c1-5-16-8-10-18(11-9-16)21-20(25)17-7-6-12-24(13-17)28(26,27)19-14(2)22-23(4)15(19)3/h8-11,17H,5-7,12-13H2,1-4H3,(H,21,25). The highest BCUT2D eigenvalue weighted by Crippen LogP contribution is 2.28. The van der Waals surface area contributed by atoms with Crippen molar-refractivity contribution in [1.29, 1.82) is 0 Å². The van der Waals surface area contributed by atoms with Gasteiger partial charge in [0.2, 0.25) is 15.9 Å². The molecule has 0 aliphatic carbocycles. The molecule has 1 fully saturated rings. The minimum atomic E-state index is -3.68. The van der Waals surface area contributed by atoms with E-state index in [9.17, 15) is 13.2 Å². The molecule has 7 nitrogen and oxygen atoms in total. The summed E-state index contributed by atoms with van der Waals surface area (Å²) in [6, 6.07) is 7.75. The third-order valence-electron chi connectivity index (χ3n) is 5.43. The summed E-state index contributed by atoms with van der Waals surface area (Å²) in [6.45, 7) is 6.14. The van der Waals surface area contributed by atoms with Gasteiger partial charge in [-0.2, -0.15) is 9.40 Å². The third-order valence-corrected chi connectivity index (χ3v) is 7.54. The Morgan fingerprint density at radius 2 is 1.93 bits per heavy atom. The molecule has 1 aliphatic heterocycles. The number of aromatic nitrogens is 2. The molecule has 1 amide bonds. The number of aryl methyl sites for hydroxylation is 3.